The van der Waals surface area contributed by atoms with Crippen molar-refractivity contribution in [3.8, 4) is 17.2 Å². The molecule has 8 heteroatoms. The van der Waals surface area contributed by atoms with E-state index in [4.69, 9.17) is 18.9 Å². The Balaban J connectivity index is 1.80. The van der Waals surface area contributed by atoms with E-state index >= 15 is 0 Å². The fraction of sp³-hybridized carbons (Fsp3) is 0.524. The zero-order valence-electron chi connectivity index (χ0n) is 17.3. The van der Waals surface area contributed by atoms with Crippen LogP contribution in [0, 0.1) is 0 Å². The number of hydrogen-bond donors (Lipinski definition) is 1. The average molecular weight is 403 g/mol. The molecule has 1 aliphatic rings. The van der Waals surface area contributed by atoms with Gasteiger partial charge in [-0.15, -0.1) is 0 Å². The zero-order chi connectivity index (χ0) is 20.6. The Labute approximate surface area is 171 Å². The first kappa shape index (κ1) is 21.0. The average Bonchev–Trinajstić information content (AvgIpc) is 3.19. The summed E-state index contributed by atoms with van der Waals surface area (Å²) >= 11 is 0. The van der Waals surface area contributed by atoms with Crippen molar-refractivity contribution in [2.75, 3.05) is 38.4 Å². The maximum absolute atomic E-state index is 12.9. The number of carbonyl (C=O) groups excluding carboxylic acids is 1. The summed E-state index contributed by atoms with van der Waals surface area (Å²) in [5.74, 6) is 1.23. The van der Waals surface area contributed by atoms with Gasteiger partial charge in [-0.05, 0) is 45.7 Å². The number of aromatic nitrogens is 2. The predicted octanol–water partition coefficient (Wildman–Crippen LogP) is 3.68. The van der Waals surface area contributed by atoms with Gasteiger partial charge in [0.2, 0.25) is 5.75 Å². The van der Waals surface area contributed by atoms with Crippen molar-refractivity contribution in [3.63, 3.8) is 0 Å². The van der Waals surface area contributed by atoms with Crippen LogP contribution in [0.3, 0.4) is 0 Å². The highest BCUT2D eigenvalue weighted by atomic mass is 16.5. The monoisotopic (exact) mass is 403 g/mol. The standard InChI is InChI=1S/C21H29N3O5/c1-4-27-18-11-15(12-19(28-5-2)20(18)29-6-3)21(25)23-16-13-22-24(14-16)17-7-9-26-10-8-17/h11-14,17H,4-10H2,1-3H3,(H,23,25). The summed E-state index contributed by atoms with van der Waals surface area (Å²) < 4.78 is 24.4. The third kappa shape index (κ3) is 5.20. The molecule has 158 valence electrons. The first-order valence-corrected chi connectivity index (χ1v) is 10.2. The molecule has 1 aliphatic heterocycles. The second-order valence-electron chi connectivity index (χ2n) is 6.61. The molecular formula is C21H29N3O5. The van der Waals surface area contributed by atoms with Crippen molar-refractivity contribution < 1.29 is 23.7 Å². The van der Waals surface area contributed by atoms with Gasteiger partial charge >= 0.3 is 0 Å². The predicted molar refractivity (Wildman–Crippen MR) is 109 cm³/mol. The Kier molecular flexibility index (Phi) is 7.35. The second kappa shape index (κ2) is 10.2. The minimum Gasteiger partial charge on any atom is -0.490 e. The van der Waals surface area contributed by atoms with Gasteiger partial charge in [0.25, 0.3) is 5.91 Å². The Bertz CT molecular complexity index is 787. The minimum absolute atomic E-state index is 0.263. The van der Waals surface area contributed by atoms with E-state index in [1.165, 1.54) is 0 Å². The summed E-state index contributed by atoms with van der Waals surface area (Å²) in [7, 11) is 0. The summed E-state index contributed by atoms with van der Waals surface area (Å²) in [6.45, 7) is 8.50. The maximum Gasteiger partial charge on any atom is 0.256 e. The Morgan fingerprint density at radius 3 is 2.31 bits per heavy atom. The summed E-state index contributed by atoms with van der Waals surface area (Å²) in [4.78, 5) is 12.9. The highest BCUT2D eigenvalue weighted by Crippen LogP contribution is 2.39. The summed E-state index contributed by atoms with van der Waals surface area (Å²) in [5, 5.41) is 7.30. The molecule has 0 radical (unpaired) electrons. The molecule has 0 bridgehead atoms. The molecule has 1 fully saturated rings. The van der Waals surface area contributed by atoms with Crippen LogP contribution in [-0.4, -0.2) is 48.7 Å². The molecule has 8 nitrogen and oxygen atoms in total. The van der Waals surface area contributed by atoms with Crippen LogP contribution in [0.4, 0.5) is 5.69 Å². The SMILES string of the molecule is CCOc1cc(C(=O)Nc2cnn(C3CCOCC3)c2)cc(OCC)c1OCC. The van der Waals surface area contributed by atoms with E-state index in [1.54, 1.807) is 18.3 Å². The lowest BCUT2D eigenvalue weighted by Crippen LogP contribution is -2.19. The Morgan fingerprint density at radius 2 is 1.72 bits per heavy atom. The fourth-order valence-corrected chi connectivity index (χ4v) is 3.28. The number of amides is 1. The van der Waals surface area contributed by atoms with Gasteiger partial charge in [0.1, 0.15) is 0 Å². The lowest BCUT2D eigenvalue weighted by Gasteiger charge is -2.22. The minimum atomic E-state index is -0.263. The number of carbonyl (C=O) groups is 1. The highest BCUT2D eigenvalue weighted by Gasteiger charge is 2.20. The first-order chi connectivity index (χ1) is 14.2. The largest absolute Gasteiger partial charge is 0.490 e. The maximum atomic E-state index is 12.9. The van der Waals surface area contributed by atoms with Gasteiger partial charge in [-0.2, -0.15) is 5.10 Å². The third-order valence-electron chi connectivity index (χ3n) is 4.60. The van der Waals surface area contributed by atoms with Crippen LogP contribution in [-0.2, 0) is 4.74 Å². The van der Waals surface area contributed by atoms with Gasteiger partial charge in [0.15, 0.2) is 11.5 Å². The number of nitrogens with zero attached hydrogens (tertiary/aromatic N) is 2. The molecule has 2 aromatic rings. The van der Waals surface area contributed by atoms with Gasteiger partial charge in [-0.3, -0.25) is 9.48 Å². The van der Waals surface area contributed by atoms with Crippen molar-refractivity contribution >= 4 is 11.6 Å². The molecule has 29 heavy (non-hydrogen) atoms. The van der Waals surface area contributed by atoms with Crippen LogP contribution in [0.15, 0.2) is 24.5 Å². The summed E-state index contributed by atoms with van der Waals surface area (Å²) in [5.41, 5.74) is 1.07. The molecule has 1 saturated heterocycles. The molecule has 1 aromatic heterocycles. The topological polar surface area (TPSA) is 83.8 Å². The number of nitrogens with one attached hydrogen (secondary N) is 1. The molecular weight excluding hydrogens is 374 g/mol. The van der Waals surface area contributed by atoms with E-state index in [0.29, 0.717) is 54.4 Å². The van der Waals surface area contributed by atoms with E-state index in [1.807, 2.05) is 31.6 Å². The van der Waals surface area contributed by atoms with Gasteiger partial charge in [-0.25, -0.2) is 0 Å². The molecule has 0 unspecified atom stereocenters. The molecule has 0 saturated carbocycles. The third-order valence-corrected chi connectivity index (χ3v) is 4.60. The van der Waals surface area contributed by atoms with Crippen LogP contribution in [0.25, 0.3) is 0 Å². The molecule has 1 aromatic carbocycles. The van der Waals surface area contributed by atoms with Gasteiger partial charge in [-0.1, -0.05) is 0 Å². The van der Waals surface area contributed by atoms with Crippen molar-refractivity contribution in [2.45, 2.75) is 39.7 Å². The number of rotatable bonds is 9. The van der Waals surface area contributed by atoms with Gasteiger partial charge in [0.05, 0.1) is 37.7 Å². The summed E-state index contributed by atoms with van der Waals surface area (Å²) in [6, 6.07) is 3.65. The van der Waals surface area contributed by atoms with Crippen molar-refractivity contribution in [2.24, 2.45) is 0 Å². The lowest BCUT2D eigenvalue weighted by atomic mass is 10.1. The van der Waals surface area contributed by atoms with Gasteiger partial charge < -0.3 is 24.3 Å². The highest BCUT2D eigenvalue weighted by molar-refractivity contribution is 6.05. The lowest BCUT2D eigenvalue weighted by molar-refractivity contribution is 0.0662. The first-order valence-electron chi connectivity index (χ1n) is 10.2. The van der Waals surface area contributed by atoms with E-state index in [0.717, 1.165) is 26.1 Å². The summed E-state index contributed by atoms with van der Waals surface area (Å²) in [6.07, 6.45) is 5.36. The van der Waals surface area contributed by atoms with E-state index in [-0.39, 0.29) is 5.91 Å². The number of hydrogen-bond acceptors (Lipinski definition) is 6. The number of ether oxygens (including phenoxy) is 4. The molecule has 0 atom stereocenters. The Hall–Kier alpha value is -2.74. The molecule has 0 aliphatic carbocycles. The Morgan fingerprint density at radius 1 is 1.10 bits per heavy atom. The number of anilines is 1. The smallest absolute Gasteiger partial charge is 0.256 e. The van der Waals surface area contributed by atoms with Crippen LogP contribution < -0.4 is 19.5 Å². The molecule has 0 spiro atoms. The van der Waals surface area contributed by atoms with Gasteiger partial charge in [0, 0.05) is 25.0 Å². The number of benzene rings is 1. The molecule has 1 amide bonds. The van der Waals surface area contributed by atoms with Crippen LogP contribution >= 0.6 is 0 Å². The molecule has 2 heterocycles. The van der Waals surface area contributed by atoms with Crippen molar-refractivity contribution in [1.82, 2.24) is 9.78 Å². The van der Waals surface area contributed by atoms with E-state index in [9.17, 15) is 4.79 Å². The van der Waals surface area contributed by atoms with E-state index in [2.05, 4.69) is 10.4 Å². The normalized spacial score (nSPS) is 14.4. The van der Waals surface area contributed by atoms with Crippen molar-refractivity contribution in [1.29, 1.82) is 0 Å². The zero-order valence-corrected chi connectivity index (χ0v) is 17.3. The molecule has 1 N–H and O–H groups in total. The van der Waals surface area contributed by atoms with Crippen molar-refractivity contribution in [3.05, 3.63) is 30.1 Å². The second-order valence-corrected chi connectivity index (χ2v) is 6.61. The van der Waals surface area contributed by atoms with Crippen LogP contribution in [0.1, 0.15) is 50.0 Å². The fourth-order valence-electron chi connectivity index (χ4n) is 3.28. The van der Waals surface area contributed by atoms with Crippen LogP contribution in [0.5, 0.6) is 17.2 Å². The van der Waals surface area contributed by atoms with E-state index < -0.39 is 0 Å². The quantitative estimate of drug-likeness (QED) is 0.688. The molecule has 3 rings (SSSR count). The van der Waals surface area contributed by atoms with Crippen LogP contribution in [0.2, 0.25) is 0 Å².